The van der Waals surface area contributed by atoms with Gasteiger partial charge in [-0.2, -0.15) is 0 Å². The second-order valence-corrected chi connectivity index (χ2v) is 6.44. The molecule has 7 nitrogen and oxygen atoms in total. The highest BCUT2D eigenvalue weighted by Crippen LogP contribution is 2.14. The number of hydrogen-bond donors (Lipinski definition) is 3. The molecule has 0 spiro atoms. The van der Waals surface area contributed by atoms with Gasteiger partial charge in [-0.3, -0.25) is 15.0 Å². The Morgan fingerprint density at radius 2 is 2.08 bits per heavy atom. The molecule has 1 aliphatic heterocycles. The van der Waals surface area contributed by atoms with E-state index in [1.807, 2.05) is 25.1 Å². The second kappa shape index (κ2) is 7.76. The third-order valence-corrected chi connectivity index (χ3v) is 4.61. The summed E-state index contributed by atoms with van der Waals surface area (Å²) in [5.41, 5.74) is 6.77. The van der Waals surface area contributed by atoms with Crippen molar-refractivity contribution >= 4 is 16.8 Å². The Kier molecular flexibility index (Phi) is 5.45. The van der Waals surface area contributed by atoms with E-state index in [1.165, 1.54) is 0 Å². The van der Waals surface area contributed by atoms with E-state index < -0.39 is 0 Å². The molecule has 3 N–H and O–H groups in total. The number of nitrogens with one attached hydrogen (secondary N) is 3. The molecule has 1 saturated heterocycles. The fourth-order valence-corrected chi connectivity index (χ4v) is 3.28. The summed E-state index contributed by atoms with van der Waals surface area (Å²) in [6.07, 6.45) is 2.91. The predicted octanol–water partition coefficient (Wildman–Crippen LogP) is 1.31. The Hall–Kier alpha value is -2.25. The molecular formula is C18H25N5O2. The van der Waals surface area contributed by atoms with Crippen molar-refractivity contribution < 1.29 is 4.79 Å². The van der Waals surface area contributed by atoms with Crippen LogP contribution in [0.15, 0.2) is 29.1 Å². The standard InChI is InChI=1S/C18H25N5O2/c1-3-7-12-10-15(22-21-12)18(25)23(4-2)11-16-19-14-9-6-5-8-13(14)17(24)20-16/h5-6,8-9,12,15,21-22H,3-4,7,10-11H2,1-2H3,(H,19,20,24). The van der Waals surface area contributed by atoms with Gasteiger partial charge in [0, 0.05) is 12.6 Å². The smallest absolute Gasteiger partial charge is 0.258 e. The summed E-state index contributed by atoms with van der Waals surface area (Å²) in [6, 6.07) is 7.31. The number of para-hydroxylation sites is 1. The molecule has 1 amide bonds. The lowest BCUT2D eigenvalue weighted by Crippen LogP contribution is -2.45. The van der Waals surface area contributed by atoms with Gasteiger partial charge in [0.2, 0.25) is 5.91 Å². The van der Waals surface area contributed by atoms with Gasteiger partial charge < -0.3 is 9.88 Å². The fourth-order valence-electron chi connectivity index (χ4n) is 3.28. The van der Waals surface area contributed by atoms with Gasteiger partial charge in [0.15, 0.2) is 0 Å². The summed E-state index contributed by atoms with van der Waals surface area (Å²) >= 11 is 0. The van der Waals surface area contributed by atoms with Crippen molar-refractivity contribution in [3.8, 4) is 0 Å². The van der Waals surface area contributed by atoms with E-state index in [4.69, 9.17) is 0 Å². The third-order valence-electron chi connectivity index (χ3n) is 4.61. The number of H-pyrrole nitrogens is 1. The van der Waals surface area contributed by atoms with Gasteiger partial charge in [-0.15, -0.1) is 0 Å². The number of benzene rings is 1. The average molecular weight is 343 g/mol. The maximum Gasteiger partial charge on any atom is 0.258 e. The van der Waals surface area contributed by atoms with Crippen LogP contribution in [0.5, 0.6) is 0 Å². The van der Waals surface area contributed by atoms with Gasteiger partial charge in [0.1, 0.15) is 11.9 Å². The molecule has 0 bridgehead atoms. The van der Waals surface area contributed by atoms with Crippen LogP contribution in [0.2, 0.25) is 0 Å². The van der Waals surface area contributed by atoms with Crippen LogP contribution in [-0.4, -0.2) is 39.4 Å². The molecule has 1 aromatic carbocycles. The number of carbonyl (C=O) groups is 1. The van der Waals surface area contributed by atoms with Crippen LogP contribution in [0.4, 0.5) is 0 Å². The van der Waals surface area contributed by atoms with Crippen molar-refractivity contribution in [2.45, 2.75) is 51.7 Å². The van der Waals surface area contributed by atoms with E-state index in [-0.39, 0.29) is 17.5 Å². The van der Waals surface area contributed by atoms with Crippen LogP contribution in [0, 0.1) is 0 Å². The molecule has 2 atom stereocenters. The highest BCUT2D eigenvalue weighted by atomic mass is 16.2. The fraction of sp³-hybridized carbons (Fsp3) is 0.500. The number of amides is 1. The zero-order valence-electron chi connectivity index (χ0n) is 14.7. The lowest BCUT2D eigenvalue weighted by atomic mass is 10.1. The Bertz CT molecular complexity index is 803. The van der Waals surface area contributed by atoms with Crippen molar-refractivity contribution in [2.75, 3.05) is 6.54 Å². The molecule has 2 unspecified atom stereocenters. The zero-order chi connectivity index (χ0) is 17.8. The van der Waals surface area contributed by atoms with Gasteiger partial charge >= 0.3 is 0 Å². The minimum absolute atomic E-state index is 0.0319. The second-order valence-electron chi connectivity index (χ2n) is 6.44. The summed E-state index contributed by atoms with van der Waals surface area (Å²) in [5.74, 6) is 0.541. The van der Waals surface area contributed by atoms with Crippen LogP contribution in [0.3, 0.4) is 0 Å². The van der Waals surface area contributed by atoms with Crippen molar-refractivity contribution in [1.82, 2.24) is 25.7 Å². The van der Waals surface area contributed by atoms with E-state index in [0.717, 1.165) is 19.3 Å². The number of nitrogens with zero attached hydrogens (tertiary/aromatic N) is 2. The molecule has 134 valence electrons. The van der Waals surface area contributed by atoms with Crippen molar-refractivity contribution in [1.29, 1.82) is 0 Å². The molecule has 2 aromatic rings. The molecule has 0 aliphatic carbocycles. The lowest BCUT2D eigenvalue weighted by molar-refractivity contribution is -0.133. The summed E-state index contributed by atoms with van der Waals surface area (Å²) in [4.78, 5) is 34.0. The maximum atomic E-state index is 12.8. The Labute approximate surface area is 146 Å². The first-order valence-corrected chi connectivity index (χ1v) is 8.90. The van der Waals surface area contributed by atoms with Crippen molar-refractivity contribution in [3.63, 3.8) is 0 Å². The van der Waals surface area contributed by atoms with Gasteiger partial charge in [-0.25, -0.2) is 10.4 Å². The SMILES string of the molecule is CCCC1CC(C(=O)N(CC)Cc2nc3ccccc3c(=O)[nH]2)NN1. The molecule has 3 rings (SSSR count). The van der Waals surface area contributed by atoms with E-state index in [2.05, 4.69) is 27.7 Å². The Morgan fingerprint density at radius 1 is 1.28 bits per heavy atom. The zero-order valence-corrected chi connectivity index (χ0v) is 14.7. The Morgan fingerprint density at radius 3 is 2.84 bits per heavy atom. The first kappa shape index (κ1) is 17.6. The van der Waals surface area contributed by atoms with Crippen molar-refractivity contribution in [2.24, 2.45) is 0 Å². The van der Waals surface area contributed by atoms with E-state index >= 15 is 0 Å². The number of aromatic amines is 1. The number of rotatable bonds is 6. The lowest BCUT2D eigenvalue weighted by Gasteiger charge is -2.23. The van der Waals surface area contributed by atoms with E-state index in [0.29, 0.717) is 35.9 Å². The number of hydrogen-bond acceptors (Lipinski definition) is 5. The quantitative estimate of drug-likeness (QED) is 0.736. The summed E-state index contributed by atoms with van der Waals surface area (Å²) < 4.78 is 0. The average Bonchev–Trinajstić information content (AvgIpc) is 3.08. The van der Waals surface area contributed by atoms with Gasteiger partial charge in [0.25, 0.3) is 5.56 Å². The molecular weight excluding hydrogens is 318 g/mol. The van der Waals surface area contributed by atoms with Gasteiger partial charge in [-0.05, 0) is 31.9 Å². The minimum atomic E-state index is -0.233. The van der Waals surface area contributed by atoms with Crippen LogP contribution >= 0.6 is 0 Å². The summed E-state index contributed by atoms with van der Waals surface area (Å²) in [6.45, 7) is 4.93. The number of carbonyl (C=O) groups excluding carboxylic acids is 1. The molecule has 2 heterocycles. The van der Waals surface area contributed by atoms with Crippen LogP contribution in [0.25, 0.3) is 10.9 Å². The van der Waals surface area contributed by atoms with E-state index in [1.54, 1.807) is 11.0 Å². The van der Waals surface area contributed by atoms with Crippen LogP contribution < -0.4 is 16.4 Å². The summed E-state index contributed by atoms with van der Waals surface area (Å²) in [5, 5.41) is 0.560. The van der Waals surface area contributed by atoms with Crippen LogP contribution in [-0.2, 0) is 11.3 Å². The minimum Gasteiger partial charge on any atom is -0.334 e. The monoisotopic (exact) mass is 343 g/mol. The third kappa shape index (κ3) is 3.88. The van der Waals surface area contributed by atoms with Gasteiger partial charge in [0.05, 0.1) is 17.4 Å². The first-order valence-electron chi connectivity index (χ1n) is 8.90. The molecule has 25 heavy (non-hydrogen) atoms. The highest BCUT2D eigenvalue weighted by Gasteiger charge is 2.31. The maximum absolute atomic E-state index is 12.8. The largest absolute Gasteiger partial charge is 0.334 e. The normalized spacial score (nSPS) is 20.1. The number of likely N-dealkylation sites (N-methyl/N-ethyl adjacent to an activating group) is 1. The highest BCUT2D eigenvalue weighted by molar-refractivity contribution is 5.82. The van der Waals surface area contributed by atoms with Crippen LogP contribution in [0.1, 0.15) is 38.9 Å². The molecule has 0 radical (unpaired) electrons. The molecule has 1 aliphatic rings. The summed E-state index contributed by atoms with van der Waals surface area (Å²) in [7, 11) is 0. The van der Waals surface area contributed by atoms with Crippen molar-refractivity contribution in [3.05, 3.63) is 40.4 Å². The number of hydrazine groups is 1. The molecule has 7 heteroatoms. The Balaban J connectivity index is 1.74. The molecule has 1 aromatic heterocycles. The number of aromatic nitrogens is 2. The number of fused-ring (bicyclic) bond motifs is 1. The molecule has 1 fully saturated rings. The predicted molar refractivity (Wildman–Crippen MR) is 96.8 cm³/mol. The topological polar surface area (TPSA) is 90.1 Å². The first-order chi connectivity index (χ1) is 12.1. The van der Waals surface area contributed by atoms with Gasteiger partial charge in [-0.1, -0.05) is 25.5 Å². The van der Waals surface area contributed by atoms with E-state index in [9.17, 15) is 9.59 Å². The molecule has 0 saturated carbocycles.